The number of rotatable bonds is 4. The summed E-state index contributed by atoms with van der Waals surface area (Å²) in [5, 5.41) is 10.2. The van der Waals surface area contributed by atoms with Crippen LogP contribution in [0.1, 0.15) is 5.56 Å². The fraction of sp³-hybridized carbons (Fsp3) is 0. The Balaban J connectivity index is 1.54. The van der Waals surface area contributed by atoms with Crippen LogP contribution >= 0.6 is 0 Å². The molecule has 0 saturated heterocycles. The second-order valence-corrected chi connectivity index (χ2v) is 8.76. The van der Waals surface area contributed by atoms with E-state index >= 15 is 0 Å². The molecule has 0 aliphatic heterocycles. The lowest BCUT2D eigenvalue weighted by atomic mass is 9.97. The number of nitrogens with zero attached hydrogens (tertiary/aromatic N) is 1. The van der Waals surface area contributed by atoms with E-state index in [2.05, 4.69) is 16.0 Å². The van der Waals surface area contributed by atoms with Crippen molar-refractivity contribution < 1.29 is 8.42 Å². The van der Waals surface area contributed by atoms with Gasteiger partial charge in [-0.15, -0.1) is 0 Å². The van der Waals surface area contributed by atoms with Gasteiger partial charge in [-0.2, -0.15) is 13.5 Å². The maximum atomic E-state index is 12.8. The van der Waals surface area contributed by atoms with Crippen molar-refractivity contribution in [1.82, 2.24) is 4.83 Å². The topological polar surface area (TPSA) is 58.5 Å². The molecule has 4 nitrogen and oxygen atoms in total. The Morgan fingerprint density at radius 1 is 0.633 bits per heavy atom. The predicted octanol–water partition coefficient (Wildman–Crippen LogP) is 5.46. The second-order valence-electron chi connectivity index (χ2n) is 7.09. The fourth-order valence-corrected chi connectivity index (χ4v) is 4.56. The summed E-state index contributed by atoms with van der Waals surface area (Å²) >= 11 is 0. The van der Waals surface area contributed by atoms with Crippen molar-refractivity contribution in [3.05, 3.63) is 103 Å². The van der Waals surface area contributed by atoms with Gasteiger partial charge in [-0.25, -0.2) is 4.83 Å². The van der Waals surface area contributed by atoms with Gasteiger partial charge in [0.05, 0.1) is 11.1 Å². The van der Waals surface area contributed by atoms with E-state index in [1.54, 1.807) is 24.4 Å². The molecule has 146 valence electrons. The van der Waals surface area contributed by atoms with E-state index in [1.165, 1.54) is 0 Å². The van der Waals surface area contributed by atoms with Crippen LogP contribution in [0, 0.1) is 0 Å². The third-order valence-electron chi connectivity index (χ3n) is 5.21. The highest BCUT2D eigenvalue weighted by atomic mass is 32.2. The van der Waals surface area contributed by atoms with E-state index < -0.39 is 10.0 Å². The Kier molecular flexibility index (Phi) is 4.45. The average molecular weight is 410 g/mol. The van der Waals surface area contributed by atoms with Crippen LogP contribution in [0.25, 0.3) is 32.3 Å². The maximum absolute atomic E-state index is 12.8. The van der Waals surface area contributed by atoms with Crippen molar-refractivity contribution in [2.45, 2.75) is 4.90 Å². The zero-order valence-corrected chi connectivity index (χ0v) is 16.8. The Morgan fingerprint density at radius 2 is 1.20 bits per heavy atom. The molecule has 5 aromatic rings. The molecule has 0 unspecified atom stereocenters. The minimum Gasteiger partial charge on any atom is -0.200 e. The molecule has 0 radical (unpaired) electrons. The Hall–Kier alpha value is -3.70. The molecule has 0 fully saturated rings. The van der Waals surface area contributed by atoms with Gasteiger partial charge in [0.2, 0.25) is 0 Å². The molecule has 30 heavy (non-hydrogen) atoms. The summed E-state index contributed by atoms with van der Waals surface area (Å²) in [7, 11) is -3.78. The first-order valence-electron chi connectivity index (χ1n) is 9.56. The fourth-order valence-electron chi connectivity index (χ4n) is 3.74. The van der Waals surface area contributed by atoms with Crippen LogP contribution in [0.3, 0.4) is 0 Å². The Morgan fingerprint density at radius 3 is 1.87 bits per heavy atom. The van der Waals surface area contributed by atoms with E-state index in [-0.39, 0.29) is 4.90 Å². The minimum absolute atomic E-state index is 0.182. The minimum atomic E-state index is -3.78. The smallest absolute Gasteiger partial charge is 0.200 e. The molecular weight excluding hydrogens is 392 g/mol. The van der Waals surface area contributed by atoms with Crippen LogP contribution in [0.5, 0.6) is 0 Å². The molecule has 0 saturated carbocycles. The van der Waals surface area contributed by atoms with Crippen molar-refractivity contribution in [3.63, 3.8) is 0 Å². The highest BCUT2D eigenvalue weighted by molar-refractivity contribution is 7.89. The SMILES string of the molecule is O=S(=O)(N/N=C/c1c2ccccc2cc2ccccc12)c1ccc2ccccc2c1. The molecule has 0 bridgehead atoms. The number of hydrogen-bond acceptors (Lipinski definition) is 3. The second kappa shape index (κ2) is 7.28. The van der Waals surface area contributed by atoms with E-state index in [0.717, 1.165) is 37.9 Å². The summed E-state index contributed by atoms with van der Waals surface area (Å²) < 4.78 is 25.5. The van der Waals surface area contributed by atoms with Crippen LogP contribution in [-0.4, -0.2) is 14.6 Å². The molecule has 5 aromatic carbocycles. The van der Waals surface area contributed by atoms with Crippen LogP contribution in [0.4, 0.5) is 0 Å². The number of sulfonamides is 1. The van der Waals surface area contributed by atoms with Gasteiger partial charge in [0.15, 0.2) is 0 Å². The molecule has 5 rings (SSSR count). The van der Waals surface area contributed by atoms with Crippen LogP contribution < -0.4 is 4.83 Å². The van der Waals surface area contributed by atoms with E-state index in [1.807, 2.05) is 72.8 Å². The van der Waals surface area contributed by atoms with Crippen LogP contribution in [0.2, 0.25) is 0 Å². The Bertz CT molecular complexity index is 1490. The molecule has 0 heterocycles. The number of benzene rings is 5. The zero-order valence-electron chi connectivity index (χ0n) is 16.0. The predicted molar refractivity (Wildman–Crippen MR) is 123 cm³/mol. The molecule has 0 aliphatic carbocycles. The van der Waals surface area contributed by atoms with Gasteiger partial charge in [-0.1, -0.05) is 78.9 Å². The maximum Gasteiger partial charge on any atom is 0.276 e. The molecule has 5 heteroatoms. The summed E-state index contributed by atoms with van der Waals surface area (Å²) in [6.07, 6.45) is 1.59. The number of nitrogens with one attached hydrogen (secondary N) is 1. The van der Waals surface area contributed by atoms with Gasteiger partial charge in [-0.3, -0.25) is 0 Å². The van der Waals surface area contributed by atoms with E-state index in [4.69, 9.17) is 0 Å². The number of hydrazone groups is 1. The summed E-state index contributed by atoms with van der Waals surface area (Å²) in [6.45, 7) is 0. The van der Waals surface area contributed by atoms with E-state index in [9.17, 15) is 8.42 Å². The van der Waals surface area contributed by atoms with Gasteiger partial charge in [-0.05, 0) is 50.5 Å². The molecule has 0 atom stereocenters. The van der Waals surface area contributed by atoms with Gasteiger partial charge in [0.1, 0.15) is 0 Å². The van der Waals surface area contributed by atoms with Crippen LogP contribution in [-0.2, 0) is 10.0 Å². The third-order valence-corrected chi connectivity index (χ3v) is 6.43. The largest absolute Gasteiger partial charge is 0.276 e. The highest BCUT2D eigenvalue weighted by Gasteiger charge is 2.13. The van der Waals surface area contributed by atoms with Crippen molar-refractivity contribution in [2.75, 3.05) is 0 Å². The quantitative estimate of drug-likeness (QED) is 0.243. The van der Waals surface area contributed by atoms with Crippen molar-refractivity contribution in [3.8, 4) is 0 Å². The lowest BCUT2D eigenvalue weighted by Crippen LogP contribution is -2.18. The van der Waals surface area contributed by atoms with Gasteiger partial charge >= 0.3 is 0 Å². The van der Waals surface area contributed by atoms with Crippen LogP contribution in [0.15, 0.2) is 107 Å². The molecular formula is C25H18N2O2S. The van der Waals surface area contributed by atoms with Crippen molar-refractivity contribution >= 4 is 48.6 Å². The number of fused-ring (bicyclic) bond motifs is 3. The molecule has 0 amide bonds. The summed E-state index contributed by atoms with van der Waals surface area (Å²) in [5.74, 6) is 0. The zero-order chi connectivity index (χ0) is 20.6. The van der Waals surface area contributed by atoms with E-state index in [0.29, 0.717) is 0 Å². The summed E-state index contributed by atoms with van der Waals surface area (Å²) in [4.78, 5) is 2.54. The molecule has 1 N–H and O–H groups in total. The first-order chi connectivity index (χ1) is 14.6. The summed E-state index contributed by atoms with van der Waals surface area (Å²) in [5.41, 5.74) is 0.880. The number of hydrogen-bond donors (Lipinski definition) is 1. The standard InChI is InChI=1S/C25H18N2O2S/c28-30(29,22-14-13-18-7-1-2-8-19(18)16-22)27-26-17-25-23-11-5-3-9-20(23)15-21-10-4-6-12-24(21)25/h1-17,27H/b26-17+. The van der Waals surface area contributed by atoms with Gasteiger partial charge in [0, 0.05) is 5.56 Å². The average Bonchev–Trinajstić information content (AvgIpc) is 2.78. The van der Waals surface area contributed by atoms with Gasteiger partial charge < -0.3 is 0 Å². The third kappa shape index (κ3) is 3.29. The molecule has 0 aromatic heterocycles. The molecule has 0 aliphatic rings. The lowest BCUT2D eigenvalue weighted by molar-refractivity contribution is 0.585. The monoisotopic (exact) mass is 410 g/mol. The lowest BCUT2D eigenvalue weighted by Gasteiger charge is -2.08. The van der Waals surface area contributed by atoms with Gasteiger partial charge in [0.25, 0.3) is 10.0 Å². The summed E-state index contributed by atoms with van der Waals surface area (Å²) in [6, 6.07) is 30.8. The van der Waals surface area contributed by atoms with Crippen molar-refractivity contribution in [1.29, 1.82) is 0 Å². The highest BCUT2D eigenvalue weighted by Crippen LogP contribution is 2.27. The first-order valence-corrected chi connectivity index (χ1v) is 11.0. The van der Waals surface area contributed by atoms with Crippen molar-refractivity contribution in [2.24, 2.45) is 5.10 Å². The Labute approximate surface area is 174 Å². The molecule has 0 spiro atoms. The normalized spacial score (nSPS) is 12.1. The first kappa shape index (κ1) is 18.3.